The molecule has 74 valence electrons. The SMILES string of the molecule is C=C(C)CNC(=O)C(N)CC(=O)O. The summed E-state index contributed by atoms with van der Waals surface area (Å²) >= 11 is 0. The van der Waals surface area contributed by atoms with Crippen molar-refractivity contribution < 1.29 is 14.7 Å². The molecule has 5 nitrogen and oxygen atoms in total. The van der Waals surface area contributed by atoms with Crippen LogP contribution in [0.4, 0.5) is 0 Å². The Bertz CT molecular complexity index is 225. The van der Waals surface area contributed by atoms with Gasteiger partial charge in [0.2, 0.25) is 5.91 Å². The van der Waals surface area contributed by atoms with Crippen molar-refractivity contribution >= 4 is 11.9 Å². The number of hydrogen-bond donors (Lipinski definition) is 3. The predicted octanol–water partition coefficient (Wildman–Crippen LogP) is -0.519. The Morgan fingerprint density at radius 1 is 1.62 bits per heavy atom. The zero-order valence-corrected chi connectivity index (χ0v) is 7.54. The van der Waals surface area contributed by atoms with Crippen molar-refractivity contribution in [2.75, 3.05) is 6.54 Å². The highest BCUT2D eigenvalue weighted by Crippen LogP contribution is 1.89. The van der Waals surface area contributed by atoms with Gasteiger partial charge in [-0.15, -0.1) is 0 Å². The van der Waals surface area contributed by atoms with E-state index in [4.69, 9.17) is 10.8 Å². The van der Waals surface area contributed by atoms with Crippen molar-refractivity contribution in [1.29, 1.82) is 0 Å². The lowest BCUT2D eigenvalue weighted by atomic mass is 10.2. The molecule has 5 heteroatoms. The number of nitrogens with one attached hydrogen (secondary N) is 1. The molecule has 0 aliphatic rings. The second kappa shape index (κ2) is 5.31. The van der Waals surface area contributed by atoms with E-state index in [9.17, 15) is 9.59 Å². The molecule has 0 aliphatic carbocycles. The molecule has 0 saturated heterocycles. The van der Waals surface area contributed by atoms with E-state index in [1.54, 1.807) is 6.92 Å². The summed E-state index contributed by atoms with van der Waals surface area (Å²) in [6.45, 7) is 5.65. The summed E-state index contributed by atoms with van der Waals surface area (Å²) in [6.07, 6.45) is -0.359. The smallest absolute Gasteiger partial charge is 0.305 e. The van der Waals surface area contributed by atoms with Crippen LogP contribution in [0.25, 0.3) is 0 Å². The summed E-state index contributed by atoms with van der Waals surface area (Å²) in [5, 5.41) is 10.8. The van der Waals surface area contributed by atoms with Crippen molar-refractivity contribution in [2.45, 2.75) is 19.4 Å². The van der Waals surface area contributed by atoms with Crippen LogP contribution < -0.4 is 11.1 Å². The Kier molecular flexibility index (Phi) is 4.76. The maximum atomic E-state index is 11.0. The maximum Gasteiger partial charge on any atom is 0.305 e. The van der Waals surface area contributed by atoms with E-state index in [-0.39, 0.29) is 6.42 Å². The summed E-state index contributed by atoms with van der Waals surface area (Å²) in [6, 6.07) is -0.989. The van der Waals surface area contributed by atoms with E-state index >= 15 is 0 Å². The number of hydrogen-bond acceptors (Lipinski definition) is 3. The van der Waals surface area contributed by atoms with Crippen LogP contribution in [0.5, 0.6) is 0 Å². The molecule has 0 aromatic heterocycles. The minimum Gasteiger partial charge on any atom is -0.481 e. The third-order valence-electron chi connectivity index (χ3n) is 1.30. The van der Waals surface area contributed by atoms with Gasteiger partial charge in [-0.2, -0.15) is 0 Å². The molecule has 0 aromatic carbocycles. The molecular formula is C8H14N2O3. The summed E-state index contributed by atoms with van der Waals surface area (Å²) in [7, 11) is 0. The fraction of sp³-hybridized carbons (Fsp3) is 0.500. The highest BCUT2D eigenvalue weighted by Gasteiger charge is 2.15. The van der Waals surface area contributed by atoms with Crippen molar-refractivity contribution in [3.8, 4) is 0 Å². The fourth-order valence-corrected chi connectivity index (χ4v) is 0.650. The van der Waals surface area contributed by atoms with E-state index < -0.39 is 17.9 Å². The second-order valence-corrected chi connectivity index (χ2v) is 2.88. The maximum absolute atomic E-state index is 11.0. The molecule has 1 amide bonds. The molecule has 0 saturated carbocycles. The van der Waals surface area contributed by atoms with Gasteiger partial charge in [0.1, 0.15) is 0 Å². The molecule has 0 bridgehead atoms. The Labute approximate surface area is 76.6 Å². The molecule has 0 rings (SSSR count). The molecule has 0 fully saturated rings. The molecule has 0 aliphatic heterocycles. The number of carboxylic acid groups (broad SMARTS) is 1. The largest absolute Gasteiger partial charge is 0.481 e. The average molecular weight is 186 g/mol. The van der Waals surface area contributed by atoms with Crippen molar-refractivity contribution in [1.82, 2.24) is 5.32 Å². The lowest BCUT2D eigenvalue weighted by Gasteiger charge is -2.09. The number of carboxylic acids is 1. The first-order valence-electron chi connectivity index (χ1n) is 3.83. The minimum absolute atomic E-state index is 0.326. The molecule has 1 unspecified atom stereocenters. The summed E-state index contributed by atoms with van der Waals surface area (Å²) in [5.74, 6) is -1.55. The molecule has 1 atom stereocenters. The normalized spacial score (nSPS) is 11.8. The third-order valence-corrected chi connectivity index (χ3v) is 1.30. The van der Waals surface area contributed by atoms with E-state index in [1.165, 1.54) is 0 Å². The van der Waals surface area contributed by atoms with E-state index in [1.807, 2.05) is 0 Å². The first-order chi connectivity index (χ1) is 5.93. The molecule has 0 aromatic rings. The van der Waals surface area contributed by atoms with E-state index in [0.29, 0.717) is 6.54 Å². The van der Waals surface area contributed by atoms with Gasteiger partial charge in [0.15, 0.2) is 0 Å². The van der Waals surface area contributed by atoms with E-state index in [0.717, 1.165) is 5.57 Å². The van der Waals surface area contributed by atoms with Gasteiger partial charge in [0, 0.05) is 6.54 Å². The number of aliphatic carboxylic acids is 1. The second-order valence-electron chi connectivity index (χ2n) is 2.88. The highest BCUT2D eigenvalue weighted by molar-refractivity contribution is 5.85. The predicted molar refractivity (Wildman–Crippen MR) is 48.1 cm³/mol. The van der Waals surface area contributed by atoms with Crippen molar-refractivity contribution in [3.63, 3.8) is 0 Å². The monoisotopic (exact) mass is 186 g/mol. The van der Waals surface area contributed by atoms with Gasteiger partial charge in [-0.05, 0) is 6.92 Å². The van der Waals surface area contributed by atoms with E-state index in [2.05, 4.69) is 11.9 Å². The van der Waals surface area contributed by atoms with Crippen LogP contribution in [0.15, 0.2) is 12.2 Å². The van der Waals surface area contributed by atoms with Crippen LogP contribution in [0.1, 0.15) is 13.3 Å². The van der Waals surface area contributed by atoms with Crippen LogP contribution in [-0.4, -0.2) is 29.6 Å². The lowest BCUT2D eigenvalue weighted by molar-refractivity contribution is -0.139. The quantitative estimate of drug-likeness (QED) is 0.504. The number of carbonyl (C=O) groups excluding carboxylic acids is 1. The fourth-order valence-electron chi connectivity index (χ4n) is 0.650. The van der Waals surface area contributed by atoms with Crippen LogP contribution in [0, 0.1) is 0 Å². The van der Waals surface area contributed by atoms with Crippen LogP contribution in [-0.2, 0) is 9.59 Å². The first-order valence-corrected chi connectivity index (χ1v) is 3.83. The topological polar surface area (TPSA) is 92.4 Å². The summed E-state index contributed by atoms with van der Waals surface area (Å²) in [5.41, 5.74) is 6.07. The number of nitrogens with two attached hydrogens (primary N) is 1. The minimum atomic E-state index is -1.09. The Morgan fingerprint density at radius 2 is 2.15 bits per heavy atom. The molecule has 4 N–H and O–H groups in total. The average Bonchev–Trinajstić information content (AvgIpc) is 1.98. The van der Waals surface area contributed by atoms with Crippen molar-refractivity contribution in [3.05, 3.63) is 12.2 Å². The molecule has 0 spiro atoms. The number of amides is 1. The molecular weight excluding hydrogens is 172 g/mol. The lowest BCUT2D eigenvalue weighted by Crippen LogP contribution is -2.42. The van der Waals surface area contributed by atoms with Gasteiger partial charge in [-0.25, -0.2) is 0 Å². The summed E-state index contributed by atoms with van der Waals surface area (Å²) in [4.78, 5) is 21.2. The van der Waals surface area contributed by atoms with Gasteiger partial charge in [0.25, 0.3) is 0 Å². The van der Waals surface area contributed by atoms with Gasteiger partial charge in [0.05, 0.1) is 12.5 Å². The van der Waals surface area contributed by atoms with Crippen molar-refractivity contribution in [2.24, 2.45) is 5.73 Å². The highest BCUT2D eigenvalue weighted by atomic mass is 16.4. The number of carbonyl (C=O) groups is 2. The molecule has 13 heavy (non-hydrogen) atoms. The Morgan fingerprint density at radius 3 is 2.54 bits per heavy atom. The Balaban J connectivity index is 3.82. The zero-order valence-electron chi connectivity index (χ0n) is 7.54. The van der Waals surface area contributed by atoms with Crippen LogP contribution in [0.3, 0.4) is 0 Å². The van der Waals surface area contributed by atoms with Gasteiger partial charge >= 0.3 is 5.97 Å². The first kappa shape index (κ1) is 11.6. The summed E-state index contributed by atoms with van der Waals surface area (Å²) < 4.78 is 0. The van der Waals surface area contributed by atoms with Gasteiger partial charge < -0.3 is 16.2 Å². The standard InChI is InChI=1S/C8H14N2O3/c1-5(2)4-10-8(13)6(9)3-7(11)12/h6H,1,3-4,9H2,2H3,(H,10,13)(H,11,12). The molecule has 0 heterocycles. The van der Waals surface area contributed by atoms with Gasteiger partial charge in [-0.3, -0.25) is 9.59 Å². The zero-order chi connectivity index (χ0) is 10.4. The molecule has 0 radical (unpaired) electrons. The van der Waals surface area contributed by atoms with Gasteiger partial charge in [-0.1, -0.05) is 12.2 Å². The Hall–Kier alpha value is -1.36. The third kappa shape index (κ3) is 5.86. The van der Waals surface area contributed by atoms with Crippen LogP contribution in [0.2, 0.25) is 0 Å². The number of rotatable bonds is 5. The van der Waals surface area contributed by atoms with Crippen LogP contribution >= 0.6 is 0 Å².